The summed E-state index contributed by atoms with van der Waals surface area (Å²) in [7, 11) is 0. The van der Waals surface area contributed by atoms with E-state index in [9.17, 15) is 14.4 Å². The molecule has 0 aliphatic heterocycles. The van der Waals surface area contributed by atoms with E-state index in [0.717, 1.165) is 96.3 Å². The van der Waals surface area contributed by atoms with Gasteiger partial charge in [-0.2, -0.15) is 0 Å². The Hall–Kier alpha value is -3.41. The molecular formula is C62H106O6. The molecule has 0 heterocycles. The number of hydrogen-bond donors (Lipinski definition) is 0. The lowest BCUT2D eigenvalue weighted by molar-refractivity contribution is -0.167. The van der Waals surface area contributed by atoms with Crippen molar-refractivity contribution in [3.8, 4) is 0 Å². The third-order valence-electron chi connectivity index (χ3n) is 12.2. The van der Waals surface area contributed by atoms with Crippen molar-refractivity contribution in [2.75, 3.05) is 13.2 Å². The van der Waals surface area contributed by atoms with Gasteiger partial charge in [0.1, 0.15) is 13.2 Å². The molecule has 1 atom stereocenters. The van der Waals surface area contributed by atoms with Crippen LogP contribution in [0.4, 0.5) is 0 Å². The summed E-state index contributed by atoms with van der Waals surface area (Å²) < 4.78 is 16.8. The molecule has 0 fully saturated rings. The Labute approximate surface area is 420 Å². The third-order valence-corrected chi connectivity index (χ3v) is 12.2. The Morgan fingerprint density at radius 1 is 0.324 bits per heavy atom. The predicted molar refractivity (Wildman–Crippen MR) is 293 cm³/mol. The van der Waals surface area contributed by atoms with Crippen molar-refractivity contribution >= 4 is 17.9 Å². The number of carbonyl (C=O) groups excluding carboxylic acids is 3. The van der Waals surface area contributed by atoms with Crippen molar-refractivity contribution in [1.29, 1.82) is 0 Å². The van der Waals surface area contributed by atoms with Crippen LogP contribution in [0.3, 0.4) is 0 Å². The fourth-order valence-electron chi connectivity index (χ4n) is 7.88. The number of allylic oxidation sites excluding steroid dienone is 14. The van der Waals surface area contributed by atoms with Gasteiger partial charge in [0.05, 0.1) is 0 Å². The fraction of sp³-hybridized carbons (Fsp3) is 0.726. The van der Waals surface area contributed by atoms with Crippen LogP contribution in [0, 0.1) is 0 Å². The maximum atomic E-state index is 12.8. The molecule has 0 N–H and O–H groups in total. The molecule has 0 rings (SSSR count). The smallest absolute Gasteiger partial charge is 0.306 e. The number of unbranched alkanes of at least 4 members (excludes halogenated alkanes) is 27. The lowest BCUT2D eigenvalue weighted by Crippen LogP contribution is -2.30. The highest BCUT2D eigenvalue weighted by atomic mass is 16.6. The normalized spacial score (nSPS) is 12.7. The quantitative estimate of drug-likeness (QED) is 0.0199. The molecule has 0 saturated carbocycles. The molecule has 0 aliphatic carbocycles. The fourth-order valence-corrected chi connectivity index (χ4v) is 7.88. The number of rotatable bonds is 51. The van der Waals surface area contributed by atoms with Crippen molar-refractivity contribution in [2.45, 2.75) is 277 Å². The largest absolute Gasteiger partial charge is 0.462 e. The monoisotopic (exact) mass is 947 g/mol. The topological polar surface area (TPSA) is 78.9 Å². The van der Waals surface area contributed by atoms with E-state index in [0.29, 0.717) is 19.3 Å². The predicted octanol–water partition coefficient (Wildman–Crippen LogP) is 19.2. The zero-order chi connectivity index (χ0) is 49.3. The molecule has 0 amide bonds. The Bertz CT molecular complexity index is 1320. The molecule has 0 aromatic carbocycles. The summed E-state index contributed by atoms with van der Waals surface area (Å²) in [5.74, 6) is -0.970. The van der Waals surface area contributed by atoms with Crippen LogP contribution in [0.25, 0.3) is 0 Å². The van der Waals surface area contributed by atoms with E-state index in [-0.39, 0.29) is 37.5 Å². The van der Waals surface area contributed by atoms with Gasteiger partial charge in [0.25, 0.3) is 0 Å². The molecule has 0 spiro atoms. The van der Waals surface area contributed by atoms with Gasteiger partial charge < -0.3 is 14.2 Å². The first-order valence-corrected chi connectivity index (χ1v) is 28.6. The summed E-state index contributed by atoms with van der Waals surface area (Å²) >= 11 is 0. The van der Waals surface area contributed by atoms with Gasteiger partial charge in [-0.25, -0.2) is 0 Å². The minimum Gasteiger partial charge on any atom is -0.462 e. The maximum Gasteiger partial charge on any atom is 0.306 e. The Kier molecular flexibility index (Phi) is 53.4. The zero-order valence-corrected chi connectivity index (χ0v) is 44.6. The molecule has 0 aliphatic rings. The van der Waals surface area contributed by atoms with Gasteiger partial charge >= 0.3 is 17.9 Å². The molecule has 6 heteroatoms. The van der Waals surface area contributed by atoms with E-state index in [1.165, 1.54) is 128 Å². The summed E-state index contributed by atoms with van der Waals surface area (Å²) in [4.78, 5) is 38.1. The number of esters is 3. The molecule has 6 nitrogen and oxygen atoms in total. The summed E-state index contributed by atoms with van der Waals surface area (Å²) in [6, 6.07) is 0. The van der Waals surface area contributed by atoms with Crippen LogP contribution in [-0.2, 0) is 28.6 Å². The van der Waals surface area contributed by atoms with Gasteiger partial charge in [-0.3, -0.25) is 14.4 Å². The van der Waals surface area contributed by atoms with Gasteiger partial charge in [0.2, 0.25) is 0 Å². The summed E-state index contributed by atoms with van der Waals surface area (Å²) in [6.45, 7) is 6.48. The van der Waals surface area contributed by atoms with E-state index < -0.39 is 6.10 Å². The van der Waals surface area contributed by atoms with Crippen LogP contribution in [0.2, 0.25) is 0 Å². The second-order valence-corrected chi connectivity index (χ2v) is 18.9. The van der Waals surface area contributed by atoms with Crippen molar-refractivity contribution in [3.63, 3.8) is 0 Å². The Morgan fingerprint density at radius 3 is 1.01 bits per heavy atom. The number of hydrogen-bond acceptors (Lipinski definition) is 6. The highest BCUT2D eigenvalue weighted by Crippen LogP contribution is 2.15. The first-order valence-electron chi connectivity index (χ1n) is 28.6. The molecule has 0 saturated heterocycles. The Balaban J connectivity index is 4.49. The van der Waals surface area contributed by atoms with Crippen molar-refractivity contribution in [1.82, 2.24) is 0 Å². The average Bonchev–Trinajstić information content (AvgIpc) is 3.34. The first kappa shape index (κ1) is 64.6. The third kappa shape index (κ3) is 53.5. The van der Waals surface area contributed by atoms with Crippen LogP contribution >= 0.6 is 0 Å². The molecule has 0 bridgehead atoms. The SMILES string of the molecule is CC/C=C\C/C=C\C/C=C\C/C=C\C/C=C\CCCC(=O)OC(COC(=O)CCCCCCC/C=C\C=C/CCCCCCCCC)COC(=O)CCCCCCCCCCCCCCCCC. The minimum atomic E-state index is -0.812. The van der Waals surface area contributed by atoms with Gasteiger partial charge in [0, 0.05) is 19.3 Å². The summed E-state index contributed by atoms with van der Waals surface area (Å²) in [6.07, 6.45) is 72.9. The van der Waals surface area contributed by atoms with Crippen LogP contribution in [0.15, 0.2) is 85.1 Å². The molecule has 0 aromatic rings. The molecule has 1 unspecified atom stereocenters. The first-order chi connectivity index (χ1) is 33.5. The summed E-state index contributed by atoms with van der Waals surface area (Å²) in [5.41, 5.74) is 0. The highest BCUT2D eigenvalue weighted by molar-refractivity contribution is 5.71. The molecule has 68 heavy (non-hydrogen) atoms. The molecule has 390 valence electrons. The van der Waals surface area contributed by atoms with Gasteiger partial charge in [-0.05, 0) is 83.5 Å². The van der Waals surface area contributed by atoms with Crippen molar-refractivity contribution in [3.05, 3.63) is 85.1 Å². The van der Waals surface area contributed by atoms with Gasteiger partial charge in [0.15, 0.2) is 6.10 Å². The van der Waals surface area contributed by atoms with Gasteiger partial charge in [-0.15, -0.1) is 0 Å². The minimum absolute atomic E-state index is 0.102. The van der Waals surface area contributed by atoms with Gasteiger partial charge in [-0.1, -0.05) is 254 Å². The lowest BCUT2D eigenvalue weighted by Gasteiger charge is -2.18. The van der Waals surface area contributed by atoms with Crippen LogP contribution < -0.4 is 0 Å². The van der Waals surface area contributed by atoms with E-state index in [1.807, 2.05) is 0 Å². The summed E-state index contributed by atoms with van der Waals surface area (Å²) in [5, 5.41) is 0. The average molecular weight is 948 g/mol. The van der Waals surface area contributed by atoms with Crippen LogP contribution in [-0.4, -0.2) is 37.2 Å². The Morgan fingerprint density at radius 2 is 0.632 bits per heavy atom. The maximum absolute atomic E-state index is 12.8. The van der Waals surface area contributed by atoms with E-state index in [4.69, 9.17) is 14.2 Å². The van der Waals surface area contributed by atoms with E-state index >= 15 is 0 Å². The van der Waals surface area contributed by atoms with E-state index in [1.54, 1.807) is 0 Å². The lowest BCUT2D eigenvalue weighted by atomic mass is 10.0. The number of carbonyl (C=O) groups is 3. The van der Waals surface area contributed by atoms with Crippen LogP contribution in [0.1, 0.15) is 271 Å². The van der Waals surface area contributed by atoms with Crippen molar-refractivity contribution in [2.24, 2.45) is 0 Å². The second-order valence-electron chi connectivity index (χ2n) is 18.9. The molecular weight excluding hydrogens is 841 g/mol. The molecule has 0 radical (unpaired) electrons. The second kappa shape index (κ2) is 56.2. The highest BCUT2D eigenvalue weighted by Gasteiger charge is 2.19. The van der Waals surface area contributed by atoms with Crippen LogP contribution in [0.5, 0.6) is 0 Å². The molecule has 0 aromatic heterocycles. The number of ether oxygens (including phenoxy) is 3. The standard InChI is InChI=1S/C62H106O6/c1-4-7-10-13-16-19-22-25-28-30-32-34-37-40-43-46-49-52-55-61(64)67-58-59(57-66-60(63)54-51-48-45-42-39-36-33-27-24-21-18-15-12-9-6-3)68-62(65)56-53-50-47-44-41-38-35-31-29-26-23-20-17-14-11-8-5-2/h8,11,17,20,26,28-30,32,34-35,38,44,47,59H,4-7,9-10,12-16,18-19,21-25,27,31,33,36-37,39-43,45-46,48-58H2,1-3H3/b11-8-,20-17-,29-26-,30-28-,34-32-,38-35-,47-44-. The zero-order valence-electron chi connectivity index (χ0n) is 44.6. The van der Waals surface area contributed by atoms with Crippen molar-refractivity contribution < 1.29 is 28.6 Å². The van der Waals surface area contributed by atoms with E-state index in [2.05, 4.69) is 106 Å².